The molecular weight excluding hydrogens is 188 g/mol. The minimum Gasteiger partial charge on any atom is -0.393 e. The zero-order valence-corrected chi connectivity index (χ0v) is 9.87. The Morgan fingerprint density at radius 2 is 1.60 bits per heavy atom. The topological polar surface area (TPSA) is 37.3 Å². The highest BCUT2D eigenvalue weighted by Crippen LogP contribution is 2.19. The number of ketones is 1. The van der Waals surface area contributed by atoms with Gasteiger partial charge in [0.05, 0.1) is 6.10 Å². The van der Waals surface area contributed by atoms with E-state index >= 15 is 0 Å². The summed E-state index contributed by atoms with van der Waals surface area (Å²) in [6.45, 7) is 2.03. The van der Waals surface area contributed by atoms with Gasteiger partial charge in [-0.2, -0.15) is 0 Å². The first-order chi connectivity index (χ1) is 7.20. The van der Waals surface area contributed by atoms with Gasteiger partial charge in [0.25, 0.3) is 0 Å². The number of aliphatic hydroxyl groups excluding tert-OH is 1. The summed E-state index contributed by atoms with van der Waals surface area (Å²) in [5, 5.41) is 8.91. The minimum absolute atomic E-state index is 0.0359. The molecule has 0 aliphatic heterocycles. The molecule has 2 heteroatoms. The molecule has 1 N–H and O–H groups in total. The number of carbonyl (C=O) groups excluding carboxylic acids is 1. The molecule has 1 unspecified atom stereocenters. The molecule has 0 spiro atoms. The van der Waals surface area contributed by atoms with Gasteiger partial charge in [0, 0.05) is 12.3 Å². The van der Waals surface area contributed by atoms with Crippen LogP contribution in [0.15, 0.2) is 0 Å². The lowest BCUT2D eigenvalue weighted by Gasteiger charge is -2.14. The fourth-order valence-corrected chi connectivity index (χ4v) is 2.24. The van der Waals surface area contributed by atoms with E-state index in [1.54, 1.807) is 0 Å². The second kappa shape index (κ2) is 7.00. The lowest BCUT2D eigenvalue weighted by molar-refractivity contribution is -0.123. The molecule has 0 saturated heterocycles. The van der Waals surface area contributed by atoms with Gasteiger partial charge >= 0.3 is 0 Å². The summed E-state index contributed by atoms with van der Waals surface area (Å²) < 4.78 is 0. The quantitative estimate of drug-likeness (QED) is 0.670. The van der Waals surface area contributed by atoms with Crippen LogP contribution in [0.2, 0.25) is 0 Å². The predicted octanol–water partition coefficient (Wildman–Crippen LogP) is 3.08. The van der Waals surface area contributed by atoms with Gasteiger partial charge in [0.15, 0.2) is 0 Å². The summed E-state index contributed by atoms with van der Waals surface area (Å²) in [5.74, 6) is 0.833. The van der Waals surface area contributed by atoms with Crippen LogP contribution in [0.1, 0.15) is 64.7 Å². The Balaban J connectivity index is 0.000000151. The van der Waals surface area contributed by atoms with E-state index in [0.29, 0.717) is 11.7 Å². The van der Waals surface area contributed by atoms with E-state index in [9.17, 15) is 4.79 Å². The Hall–Kier alpha value is -0.370. The van der Waals surface area contributed by atoms with Gasteiger partial charge < -0.3 is 5.11 Å². The molecule has 2 rings (SSSR count). The first kappa shape index (κ1) is 12.7. The van der Waals surface area contributed by atoms with Crippen LogP contribution in [0.3, 0.4) is 0 Å². The Morgan fingerprint density at radius 1 is 1.00 bits per heavy atom. The van der Waals surface area contributed by atoms with Crippen LogP contribution in [0.4, 0.5) is 0 Å². The van der Waals surface area contributed by atoms with E-state index in [4.69, 9.17) is 5.11 Å². The maximum Gasteiger partial charge on any atom is 0.135 e. The van der Waals surface area contributed by atoms with Crippen molar-refractivity contribution in [2.75, 3.05) is 0 Å². The van der Waals surface area contributed by atoms with Crippen molar-refractivity contribution in [2.45, 2.75) is 70.8 Å². The van der Waals surface area contributed by atoms with E-state index < -0.39 is 0 Å². The third-order valence-electron chi connectivity index (χ3n) is 3.43. The first-order valence-electron chi connectivity index (χ1n) is 6.41. The van der Waals surface area contributed by atoms with Gasteiger partial charge in [0.1, 0.15) is 5.78 Å². The fourth-order valence-electron chi connectivity index (χ4n) is 2.24. The van der Waals surface area contributed by atoms with Crippen molar-refractivity contribution in [2.24, 2.45) is 5.92 Å². The Bertz CT molecular complexity index is 183. The molecule has 0 radical (unpaired) electrons. The molecule has 0 heterocycles. The van der Waals surface area contributed by atoms with Crippen LogP contribution in [-0.4, -0.2) is 17.0 Å². The Labute approximate surface area is 93.1 Å². The van der Waals surface area contributed by atoms with Gasteiger partial charge in [-0.1, -0.05) is 32.6 Å². The third-order valence-corrected chi connectivity index (χ3v) is 3.43. The standard InChI is InChI=1S/C7H12O.C6H12O/c1-6-4-2-3-5-7(6)8;7-6-4-2-1-3-5-6/h6H,2-5H2,1H3;6-7H,1-5H2. The second-order valence-electron chi connectivity index (χ2n) is 4.90. The fraction of sp³-hybridized carbons (Fsp3) is 0.923. The summed E-state index contributed by atoms with van der Waals surface area (Å²) in [7, 11) is 0. The van der Waals surface area contributed by atoms with Crippen LogP contribution in [0.25, 0.3) is 0 Å². The molecule has 0 aromatic heterocycles. The van der Waals surface area contributed by atoms with Crippen molar-refractivity contribution in [1.82, 2.24) is 0 Å². The number of Topliss-reactive ketones (excluding diaryl/α,β-unsaturated/α-hetero) is 1. The minimum atomic E-state index is 0.0359. The molecule has 88 valence electrons. The van der Waals surface area contributed by atoms with E-state index in [1.165, 1.54) is 25.7 Å². The molecule has 0 bridgehead atoms. The van der Waals surface area contributed by atoms with Crippen LogP contribution in [-0.2, 0) is 4.79 Å². The van der Waals surface area contributed by atoms with Crippen molar-refractivity contribution in [3.8, 4) is 0 Å². The highest BCUT2D eigenvalue weighted by Gasteiger charge is 2.16. The predicted molar refractivity (Wildman–Crippen MR) is 61.7 cm³/mol. The highest BCUT2D eigenvalue weighted by atomic mass is 16.3. The lowest BCUT2D eigenvalue weighted by Crippen LogP contribution is -2.14. The van der Waals surface area contributed by atoms with Crippen LogP contribution >= 0.6 is 0 Å². The van der Waals surface area contributed by atoms with Gasteiger partial charge in [0.2, 0.25) is 0 Å². The number of hydrogen-bond donors (Lipinski definition) is 1. The number of hydrogen-bond acceptors (Lipinski definition) is 2. The van der Waals surface area contributed by atoms with E-state index in [-0.39, 0.29) is 6.10 Å². The molecule has 0 amide bonds. The smallest absolute Gasteiger partial charge is 0.135 e. The lowest BCUT2D eigenvalue weighted by atomic mass is 9.90. The first-order valence-corrected chi connectivity index (χ1v) is 6.41. The number of aliphatic hydroxyl groups is 1. The number of carbonyl (C=O) groups is 1. The highest BCUT2D eigenvalue weighted by molar-refractivity contribution is 5.81. The average Bonchev–Trinajstić information content (AvgIpc) is 2.25. The van der Waals surface area contributed by atoms with Crippen molar-refractivity contribution >= 4 is 5.78 Å². The van der Waals surface area contributed by atoms with Crippen LogP contribution in [0.5, 0.6) is 0 Å². The van der Waals surface area contributed by atoms with E-state index in [1.807, 2.05) is 6.92 Å². The molecule has 2 aliphatic rings. The zero-order chi connectivity index (χ0) is 11.1. The second-order valence-corrected chi connectivity index (χ2v) is 4.90. The summed E-state index contributed by atoms with van der Waals surface area (Å²) in [5.41, 5.74) is 0. The summed E-state index contributed by atoms with van der Waals surface area (Å²) >= 11 is 0. The van der Waals surface area contributed by atoms with Crippen molar-refractivity contribution in [3.05, 3.63) is 0 Å². The van der Waals surface area contributed by atoms with Crippen LogP contribution in [0, 0.1) is 5.92 Å². The molecule has 2 nitrogen and oxygen atoms in total. The largest absolute Gasteiger partial charge is 0.393 e. The average molecular weight is 212 g/mol. The molecule has 2 fully saturated rings. The van der Waals surface area contributed by atoms with Gasteiger partial charge in [-0.25, -0.2) is 0 Å². The molecule has 2 saturated carbocycles. The third kappa shape index (κ3) is 5.31. The summed E-state index contributed by atoms with van der Waals surface area (Å²) in [4.78, 5) is 10.8. The maximum absolute atomic E-state index is 10.8. The van der Waals surface area contributed by atoms with E-state index in [0.717, 1.165) is 32.1 Å². The molecule has 15 heavy (non-hydrogen) atoms. The Morgan fingerprint density at radius 3 is 1.93 bits per heavy atom. The van der Waals surface area contributed by atoms with Gasteiger partial charge in [-0.3, -0.25) is 4.79 Å². The monoisotopic (exact) mass is 212 g/mol. The molecule has 0 aromatic rings. The molecular formula is C13H24O2. The Kier molecular flexibility index (Phi) is 5.92. The SMILES string of the molecule is CC1CCCCC1=O.OC1CCCCC1. The van der Waals surface area contributed by atoms with Gasteiger partial charge in [-0.15, -0.1) is 0 Å². The molecule has 2 aliphatic carbocycles. The maximum atomic E-state index is 10.8. The normalized spacial score (nSPS) is 28.1. The van der Waals surface area contributed by atoms with Crippen molar-refractivity contribution in [1.29, 1.82) is 0 Å². The van der Waals surface area contributed by atoms with Gasteiger partial charge in [-0.05, 0) is 25.7 Å². The number of rotatable bonds is 0. The van der Waals surface area contributed by atoms with E-state index in [2.05, 4.69) is 0 Å². The van der Waals surface area contributed by atoms with Crippen LogP contribution < -0.4 is 0 Å². The molecule has 1 atom stereocenters. The molecule has 0 aromatic carbocycles. The summed E-state index contributed by atoms with van der Waals surface area (Å²) in [6.07, 6.45) is 10.3. The van der Waals surface area contributed by atoms with Crippen molar-refractivity contribution in [3.63, 3.8) is 0 Å². The zero-order valence-electron chi connectivity index (χ0n) is 9.87. The van der Waals surface area contributed by atoms with Crippen molar-refractivity contribution < 1.29 is 9.90 Å². The summed E-state index contributed by atoms with van der Waals surface area (Å²) in [6, 6.07) is 0.